The van der Waals surface area contributed by atoms with Crippen molar-refractivity contribution in [3.63, 3.8) is 0 Å². The predicted molar refractivity (Wildman–Crippen MR) is 94.2 cm³/mol. The predicted octanol–water partition coefficient (Wildman–Crippen LogP) is 2.40. The van der Waals surface area contributed by atoms with Crippen LogP contribution in [-0.2, 0) is 4.79 Å². The third-order valence-corrected chi connectivity index (χ3v) is 4.65. The highest BCUT2D eigenvalue weighted by atomic mass is 32.1. The number of thiol groups is 1. The van der Waals surface area contributed by atoms with E-state index >= 15 is 0 Å². The normalized spacial score (nSPS) is 22.1. The highest BCUT2D eigenvalue weighted by molar-refractivity contribution is 7.96. The Labute approximate surface area is 147 Å². The maximum atomic E-state index is 11.9. The van der Waals surface area contributed by atoms with E-state index in [0.717, 1.165) is 12.8 Å². The quantitative estimate of drug-likeness (QED) is 0.680. The summed E-state index contributed by atoms with van der Waals surface area (Å²) in [5, 5.41) is 6.25. The maximum absolute atomic E-state index is 11.9. The van der Waals surface area contributed by atoms with Crippen LogP contribution in [0.1, 0.15) is 26.7 Å². The van der Waals surface area contributed by atoms with Gasteiger partial charge in [-0.1, -0.05) is 44.7 Å². The molecule has 0 bridgehead atoms. The van der Waals surface area contributed by atoms with Crippen LogP contribution in [0.4, 0.5) is 9.18 Å². The van der Waals surface area contributed by atoms with Gasteiger partial charge in [0.1, 0.15) is 5.82 Å². The summed E-state index contributed by atoms with van der Waals surface area (Å²) in [5.74, 6) is 0.173. The topological polar surface area (TPSA) is 61.4 Å². The molecule has 2 heterocycles. The second-order valence-electron chi connectivity index (χ2n) is 6.50. The highest BCUT2D eigenvalue weighted by Gasteiger charge is 2.46. The first-order chi connectivity index (χ1) is 11.3. The molecule has 2 amide bonds. The average molecular weight is 353 g/mol. The Bertz CT molecular complexity index is 574. The SMILES string of the molecule is CC(C)C1NC2(CCN(C(=O)S)CC2)NC1=O.Fc1ccccc1. The summed E-state index contributed by atoms with van der Waals surface area (Å²) in [4.78, 5) is 24.7. The number of nitrogens with one attached hydrogen (secondary N) is 2. The zero-order valence-electron chi connectivity index (χ0n) is 14.0. The van der Waals surface area contributed by atoms with Gasteiger partial charge in [-0.3, -0.25) is 14.9 Å². The first-order valence-corrected chi connectivity index (χ1v) is 8.56. The molecule has 1 spiro atoms. The van der Waals surface area contributed by atoms with E-state index in [0.29, 0.717) is 13.1 Å². The van der Waals surface area contributed by atoms with E-state index in [-0.39, 0.29) is 34.6 Å². The van der Waals surface area contributed by atoms with Gasteiger partial charge in [-0.2, -0.15) is 0 Å². The standard InChI is InChI=1S/C11H19N3O2S.C6H5F/c1-7(2)8-9(15)13-11(12-8)3-5-14(6-4-11)10(16)17;7-6-4-2-1-3-5-6/h7-8,12H,3-6H2,1-2H3,(H,13,15)(H,16,17);1-5H. The van der Waals surface area contributed by atoms with Crippen molar-refractivity contribution in [1.29, 1.82) is 0 Å². The van der Waals surface area contributed by atoms with Gasteiger partial charge in [-0.05, 0) is 18.1 Å². The molecule has 5 nitrogen and oxygen atoms in total. The van der Waals surface area contributed by atoms with E-state index in [9.17, 15) is 14.0 Å². The monoisotopic (exact) mass is 353 g/mol. The van der Waals surface area contributed by atoms with Crippen molar-refractivity contribution in [2.75, 3.05) is 13.1 Å². The summed E-state index contributed by atoms with van der Waals surface area (Å²) >= 11 is 3.82. The van der Waals surface area contributed by atoms with Crippen molar-refractivity contribution >= 4 is 23.8 Å². The van der Waals surface area contributed by atoms with Gasteiger partial charge in [0.05, 0.1) is 11.7 Å². The second-order valence-corrected chi connectivity index (χ2v) is 6.89. The Kier molecular flexibility index (Phi) is 6.23. The Morgan fingerprint density at radius 3 is 2.25 bits per heavy atom. The molecule has 2 aliphatic heterocycles. The van der Waals surface area contributed by atoms with Crippen LogP contribution in [0.15, 0.2) is 30.3 Å². The third kappa shape index (κ3) is 4.70. The summed E-state index contributed by atoms with van der Waals surface area (Å²) in [7, 11) is 0. The van der Waals surface area contributed by atoms with Crippen molar-refractivity contribution in [3.8, 4) is 0 Å². The van der Waals surface area contributed by atoms with Crippen LogP contribution in [0.25, 0.3) is 0 Å². The molecule has 0 radical (unpaired) electrons. The van der Waals surface area contributed by atoms with Crippen molar-refractivity contribution in [2.45, 2.75) is 38.4 Å². The van der Waals surface area contributed by atoms with Gasteiger partial charge in [-0.25, -0.2) is 4.39 Å². The Balaban J connectivity index is 0.000000249. The van der Waals surface area contributed by atoms with Gasteiger partial charge >= 0.3 is 0 Å². The molecule has 0 aliphatic carbocycles. The molecule has 1 aromatic rings. The van der Waals surface area contributed by atoms with E-state index < -0.39 is 0 Å². The summed E-state index contributed by atoms with van der Waals surface area (Å²) in [6, 6.07) is 7.82. The number of hydrogen-bond donors (Lipinski definition) is 3. The number of rotatable bonds is 1. The second kappa shape index (κ2) is 7.98. The van der Waals surface area contributed by atoms with Crippen LogP contribution in [-0.4, -0.2) is 40.8 Å². The lowest BCUT2D eigenvalue weighted by molar-refractivity contribution is -0.121. The van der Waals surface area contributed by atoms with E-state index in [1.165, 1.54) is 12.1 Å². The first-order valence-electron chi connectivity index (χ1n) is 8.11. The van der Waals surface area contributed by atoms with Gasteiger partial charge in [0.15, 0.2) is 0 Å². The van der Waals surface area contributed by atoms with Crippen LogP contribution in [0.3, 0.4) is 0 Å². The molecule has 2 aliphatic rings. The molecule has 0 saturated carbocycles. The number of likely N-dealkylation sites (tertiary alicyclic amines) is 1. The lowest BCUT2D eigenvalue weighted by Gasteiger charge is -2.39. The van der Waals surface area contributed by atoms with E-state index in [4.69, 9.17) is 0 Å². The molecular weight excluding hydrogens is 329 g/mol. The van der Waals surface area contributed by atoms with Crippen LogP contribution < -0.4 is 10.6 Å². The van der Waals surface area contributed by atoms with Crippen LogP contribution in [0.2, 0.25) is 0 Å². The summed E-state index contributed by atoms with van der Waals surface area (Å²) in [6.07, 6.45) is 1.49. The fourth-order valence-electron chi connectivity index (χ4n) is 2.95. The van der Waals surface area contributed by atoms with Gasteiger partial charge in [0, 0.05) is 25.9 Å². The molecule has 2 saturated heterocycles. The fraction of sp³-hybridized carbons (Fsp3) is 0.529. The van der Waals surface area contributed by atoms with E-state index in [1.54, 1.807) is 23.1 Å². The van der Waals surface area contributed by atoms with Crippen LogP contribution in [0.5, 0.6) is 0 Å². The summed E-state index contributed by atoms with van der Waals surface area (Å²) in [6.45, 7) is 5.34. The number of carbonyl (C=O) groups is 2. The van der Waals surface area contributed by atoms with Gasteiger partial charge in [0.25, 0.3) is 5.24 Å². The molecule has 24 heavy (non-hydrogen) atoms. The number of amides is 2. The Morgan fingerprint density at radius 1 is 1.29 bits per heavy atom. The van der Waals surface area contributed by atoms with Crippen molar-refractivity contribution in [2.24, 2.45) is 5.92 Å². The molecule has 0 aromatic heterocycles. The number of benzene rings is 1. The highest BCUT2D eigenvalue weighted by Crippen LogP contribution is 2.26. The van der Waals surface area contributed by atoms with Crippen molar-refractivity contribution in [1.82, 2.24) is 15.5 Å². The minimum atomic E-state index is -0.314. The zero-order valence-corrected chi connectivity index (χ0v) is 14.9. The summed E-state index contributed by atoms with van der Waals surface area (Å²) in [5.41, 5.74) is -0.314. The van der Waals surface area contributed by atoms with Crippen LogP contribution >= 0.6 is 12.6 Å². The van der Waals surface area contributed by atoms with E-state index in [1.807, 2.05) is 13.8 Å². The molecule has 1 unspecified atom stereocenters. The molecule has 2 N–H and O–H groups in total. The minimum absolute atomic E-state index is 0.0747. The number of hydrogen-bond acceptors (Lipinski definition) is 3. The first kappa shape index (κ1) is 18.7. The number of halogens is 1. The zero-order chi connectivity index (χ0) is 17.7. The molecule has 132 valence electrons. The maximum Gasteiger partial charge on any atom is 0.278 e. The lowest BCUT2D eigenvalue weighted by atomic mass is 9.97. The van der Waals surface area contributed by atoms with Gasteiger partial charge in [-0.15, -0.1) is 0 Å². The molecule has 7 heteroatoms. The third-order valence-electron chi connectivity index (χ3n) is 4.36. The number of carbonyl (C=O) groups excluding carboxylic acids is 2. The Hall–Kier alpha value is -1.60. The minimum Gasteiger partial charge on any atom is -0.337 e. The number of piperidine rings is 1. The summed E-state index contributed by atoms with van der Waals surface area (Å²) < 4.78 is 11.9. The van der Waals surface area contributed by atoms with Crippen molar-refractivity contribution < 1.29 is 14.0 Å². The van der Waals surface area contributed by atoms with E-state index in [2.05, 4.69) is 23.3 Å². The smallest absolute Gasteiger partial charge is 0.278 e. The molecule has 1 aromatic carbocycles. The molecule has 3 rings (SSSR count). The fourth-order valence-corrected chi connectivity index (χ4v) is 3.15. The lowest BCUT2D eigenvalue weighted by Crippen LogP contribution is -2.57. The van der Waals surface area contributed by atoms with Crippen molar-refractivity contribution in [3.05, 3.63) is 36.1 Å². The number of nitrogens with zero attached hydrogens (tertiary/aromatic N) is 1. The van der Waals surface area contributed by atoms with Crippen LogP contribution in [0, 0.1) is 11.7 Å². The van der Waals surface area contributed by atoms with Gasteiger partial charge in [0.2, 0.25) is 5.91 Å². The van der Waals surface area contributed by atoms with Gasteiger partial charge < -0.3 is 10.2 Å². The molecule has 1 atom stereocenters. The molecule has 2 fully saturated rings. The average Bonchev–Trinajstić information content (AvgIpc) is 2.86. The Morgan fingerprint density at radius 2 is 1.88 bits per heavy atom. The largest absolute Gasteiger partial charge is 0.337 e. The molecular formula is C17H24FN3O2S.